The van der Waals surface area contributed by atoms with E-state index in [0.29, 0.717) is 12.2 Å². The molecule has 2 N–H and O–H groups in total. The highest BCUT2D eigenvalue weighted by Gasteiger charge is 2.08. The number of pyridine rings is 1. The minimum absolute atomic E-state index is 0.672. The van der Waals surface area contributed by atoms with Crippen LogP contribution < -0.4 is 5.73 Å². The number of nitrogen functional groups attached to an aromatic ring is 1. The van der Waals surface area contributed by atoms with E-state index >= 15 is 0 Å². The second-order valence-electron chi connectivity index (χ2n) is 4.86. The smallest absolute Gasteiger partial charge is 0.117 e. The molecule has 0 saturated carbocycles. The molecule has 0 saturated heterocycles. The highest BCUT2D eigenvalue weighted by atomic mass is 15.3. The number of aromatic nitrogens is 3. The zero-order valence-corrected chi connectivity index (χ0v) is 11.3. The topological polar surface area (TPSA) is 56.7 Å². The largest absolute Gasteiger partial charge is 0.396 e. The maximum atomic E-state index is 6.05. The van der Waals surface area contributed by atoms with Crippen molar-refractivity contribution in [2.45, 2.75) is 13.5 Å². The Bertz CT molecular complexity index is 716. The van der Waals surface area contributed by atoms with Crippen molar-refractivity contribution in [1.82, 2.24) is 14.8 Å². The van der Waals surface area contributed by atoms with Gasteiger partial charge in [0.05, 0.1) is 12.2 Å². The van der Waals surface area contributed by atoms with Gasteiger partial charge in [0.1, 0.15) is 5.69 Å². The fourth-order valence-corrected chi connectivity index (χ4v) is 2.24. The molecule has 4 nitrogen and oxygen atoms in total. The summed E-state index contributed by atoms with van der Waals surface area (Å²) in [6.07, 6.45) is 5.38. The molecule has 0 radical (unpaired) electrons. The lowest BCUT2D eigenvalue weighted by atomic mass is 10.1. The van der Waals surface area contributed by atoms with Crippen molar-refractivity contribution in [3.05, 3.63) is 66.1 Å². The van der Waals surface area contributed by atoms with Gasteiger partial charge in [0.25, 0.3) is 0 Å². The van der Waals surface area contributed by atoms with E-state index in [0.717, 1.165) is 11.3 Å². The van der Waals surface area contributed by atoms with Crippen molar-refractivity contribution in [3.63, 3.8) is 0 Å². The maximum absolute atomic E-state index is 6.05. The van der Waals surface area contributed by atoms with Crippen LogP contribution >= 0.6 is 0 Å². The Morgan fingerprint density at radius 1 is 1.20 bits per heavy atom. The third kappa shape index (κ3) is 2.54. The lowest BCUT2D eigenvalue weighted by Gasteiger charge is -2.02. The molecule has 0 bridgehead atoms. The SMILES string of the molecule is Cc1cccc(Cn2cc(N)c(-c3cccnc3)n2)c1. The lowest BCUT2D eigenvalue weighted by Crippen LogP contribution is -2.00. The standard InChI is InChI=1S/C16H16N4/c1-12-4-2-5-13(8-12)10-20-11-15(17)16(19-20)14-6-3-7-18-9-14/h2-9,11H,10,17H2,1H3. The molecular weight excluding hydrogens is 248 g/mol. The zero-order valence-electron chi connectivity index (χ0n) is 11.3. The van der Waals surface area contributed by atoms with Crippen molar-refractivity contribution >= 4 is 5.69 Å². The second kappa shape index (κ2) is 5.17. The predicted octanol–water partition coefficient (Wildman–Crippen LogP) is 2.88. The van der Waals surface area contributed by atoms with Crippen molar-refractivity contribution < 1.29 is 0 Å². The van der Waals surface area contributed by atoms with Gasteiger partial charge < -0.3 is 5.73 Å². The van der Waals surface area contributed by atoms with Gasteiger partial charge in [-0.15, -0.1) is 0 Å². The van der Waals surface area contributed by atoms with Crippen molar-refractivity contribution in [3.8, 4) is 11.3 Å². The van der Waals surface area contributed by atoms with Crippen LogP contribution in [-0.2, 0) is 6.54 Å². The van der Waals surface area contributed by atoms with Crippen LogP contribution in [0.2, 0.25) is 0 Å². The summed E-state index contributed by atoms with van der Waals surface area (Å²) >= 11 is 0. The van der Waals surface area contributed by atoms with E-state index in [1.54, 1.807) is 12.4 Å². The van der Waals surface area contributed by atoms with Gasteiger partial charge >= 0.3 is 0 Å². The van der Waals surface area contributed by atoms with E-state index in [2.05, 4.69) is 41.3 Å². The Labute approximate surface area is 117 Å². The van der Waals surface area contributed by atoms with Crippen LogP contribution in [0.3, 0.4) is 0 Å². The van der Waals surface area contributed by atoms with Gasteiger partial charge in [0, 0.05) is 24.2 Å². The Balaban J connectivity index is 1.90. The van der Waals surface area contributed by atoms with Crippen molar-refractivity contribution in [2.24, 2.45) is 0 Å². The summed E-state index contributed by atoms with van der Waals surface area (Å²) in [5, 5.41) is 4.56. The molecule has 0 aliphatic rings. The average molecular weight is 264 g/mol. The first-order valence-electron chi connectivity index (χ1n) is 6.51. The summed E-state index contributed by atoms with van der Waals surface area (Å²) < 4.78 is 1.87. The molecule has 0 aliphatic carbocycles. The number of nitrogens with two attached hydrogens (primary N) is 1. The molecule has 2 aromatic heterocycles. The monoisotopic (exact) mass is 264 g/mol. The van der Waals surface area contributed by atoms with E-state index in [1.807, 2.05) is 23.0 Å². The molecule has 3 aromatic rings. The van der Waals surface area contributed by atoms with Gasteiger partial charge in [-0.1, -0.05) is 29.8 Å². The summed E-state index contributed by atoms with van der Waals surface area (Å²) in [6, 6.07) is 12.2. The number of hydrogen-bond donors (Lipinski definition) is 1. The Hall–Kier alpha value is -2.62. The molecule has 20 heavy (non-hydrogen) atoms. The molecule has 2 heterocycles. The minimum atomic E-state index is 0.672. The highest BCUT2D eigenvalue weighted by Crippen LogP contribution is 2.23. The molecule has 1 aromatic carbocycles. The van der Waals surface area contributed by atoms with Gasteiger partial charge in [0.15, 0.2) is 0 Å². The third-order valence-corrected chi connectivity index (χ3v) is 3.15. The number of hydrogen-bond acceptors (Lipinski definition) is 3. The van der Waals surface area contributed by atoms with E-state index in [4.69, 9.17) is 5.73 Å². The highest BCUT2D eigenvalue weighted by molar-refractivity contribution is 5.71. The average Bonchev–Trinajstić information content (AvgIpc) is 2.80. The fraction of sp³-hybridized carbons (Fsp3) is 0.125. The minimum Gasteiger partial charge on any atom is -0.396 e. The predicted molar refractivity (Wildman–Crippen MR) is 80.2 cm³/mol. The molecule has 4 heteroatoms. The van der Waals surface area contributed by atoms with Crippen LogP contribution in [0, 0.1) is 6.92 Å². The summed E-state index contributed by atoms with van der Waals surface area (Å²) in [7, 11) is 0. The summed E-state index contributed by atoms with van der Waals surface area (Å²) in [6.45, 7) is 2.80. The Kier molecular flexibility index (Phi) is 3.21. The molecule has 3 rings (SSSR count). The Morgan fingerprint density at radius 3 is 2.85 bits per heavy atom. The molecule has 0 unspecified atom stereocenters. The zero-order chi connectivity index (χ0) is 13.9. The van der Waals surface area contributed by atoms with Crippen LogP contribution in [0.5, 0.6) is 0 Å². The number of nitrogens with zero attached hydrogens (tertiary/aromatic N) is 3. The molecule has 0 atom stereocenters. The quantitative estimate of drug-likeness (QED) is 0.791. The molecule has 0 aliphatic heterocycles. The maximum Gasteiger partial charge on any atom is 0.117 e. The molecule has 0 amide bonds. The van der Waals surface area contributed by atoms with Gasteiger partial charge in [-0.05, 0) is 24.6 Å². The Morgan fingerprint density at radius 2 is 2.10 bits per heavy atom. The second-order valence-corrected chi connectivity index (χ2v) is 4.86. The first kappa shape index (κ1) is 12.4. The van der Waals surface area contributed by atoms with Crippen molar-refractivity contribution in [2.75, 3.05) is 5.73 Å². The van der Waals surface area contributed by atoms with Crippen LogP contribution in [0.15, 0.2) is 55.0 Å². The summed E-state index contributed by atoms with van der Waals surface area (Å²) in [4.78, 5) is 4.10. The number of benzene rings is 1. The first-order valence-corrected chi connectivity index (χ1v) is 6.51. The summed E-state index contributed by atoms with van der Waals surface area (Å²) in [5.74, 6) is 0. The molecule has 100 valence electrons. The van der Waals surface area contributed by atoms with E-state index in [9.17, 15) is 0 Å². The van der Waals surface area contributed by atoms with Crippen LogP contribution in [-0.4, -0.2) is 14.8 Å². The van der Waals surface area contributed by atoms with Gasteiger partial charge in [-0.3, -0.25) is 9.67 Å². The van der Waals surface area contributed by atoms with Gasteiger partial charge in [0.2, 0.25) is 0 Å². The van der Waals surface area contributed by atoms with Crippen LogP contribution in [0.25, 0.3) is 11.3 Å². The van der Waals surface area contributed by atoms with E-state index < -0.39 is 0 Å². The first-order chi connectivity index (χ1) is 9.72. The van der Waals surface area contributed by atoms with E-state index in [1.165, 1.54) is 11.1 Å². The van der Waals surface area contributed by atoms with Gasteiger partial charge in [-0.2, -0.15) is 5.10 Å². The van der Waals surface area contributed by atoms with Gasteiger partial charge in [-0.25, -0.2) is 0 Å². The van der Waals surface area contributed by atoms with Crippen molar-refractivity contribution in [1.29, 1.82) is 0 Å². The van der Waals surface area contributed by atoms with E-state index in [-0.39, 0.29) is 0 Å². The third-order valence-electron chi connectivity index (χ3n) is 3.15. The fourth-order valence-electron chi connectivity index (χ4n) is 2.24. The number of rotatable bonds is 3. The van der Waals surface area contributed by atoms with Crippen LogP contribution in [0.4, 0.5) is 5.69 Å². The number of aryl methyl sites for hydroxylation is 1. The lowest BCUT2D eigenvalue weighted by molar-refractivity contribution is 0.689. The van der Waals surface area contributed by atoms with Crippen LogP contribution in [0.1, 0.15) is 11.1 Å². The molecule has 0 fully saturated rings. The normalized spacial score (nSPS) is 10.7. The molecular formula is C16H16N4. The molecule has 0 spiro atoms. The summed E-state index contributed by atoms with van der Waals surface area (Å²) in [5.41, 5.74) is 10.9. The number of anilines is 1.